The van der Waals surface area contributed by atoms with Crippen LogP contribution >= 0.6 is 0 Å². The standard InChI is InChI=1S/C20H29N3O/c1-4-11-22-19(24)16-8-5-7-15(12-16)13-23-18-10-6-9-17(18)20(2,3)14-21/h5,7-8,12,17-18,23H,4,6,9-11,13H2,1-3H3,(H,22,24). The smallest absolute Gasteiger partial charge is 0.251 e. The van der Waals surface area contributed by atoms with Crippen molar-refractivity contribution < 1.29 is 4.79 Å². The SMILES string of the molecule is CCCNC(=O)c1cccc(CNC2CCCC2C(C)(C)C#N)c1. The molecule has 0 saturated heterocycles. The van der Waals surface area contributed by atoms with Crippen molar-refractivity contribution in [3.8, 4) is 6.07 Å². The van der Waals surface area contributed by atoms with Crippen LogP contribution in [0.1, 0.15) is 62.4 Å². The molecule has 1 saturated carbocycles. The fourth-order valence-electron chi connectivity index (χ4n) is 3.56. The van der Waals surface area contributed by atoms with Gasteiger partial charge in [0, 0.05) is 24.7 Å². The molecule has 1 aliphatic rings. The van der Waals surface area contributed by atoms with E-state index < -0.39 is 0 Å². The molecule has 2 rings (SSSR count). The van der Waals surface area contributed by atoms with E-state index in [9.17, 15) is 10.1 Å². The highest BCUT2D eigenvalue weighted by atomic mass is 16.1. The minimum Gasteiger partial charge on any atom is -0.352 e. The first-order valence-electron chi connectivity index (χ1n) is 8.99. The van der Waals surface area contributed by atoms with Gasteiger partial charge in [-0.3, -0.25) is 4.79 Å². The maximum Gasteiger partial charge on any atom is 0.251 e. The van der Waals surface area contributed by atoms with E-state index in [0.717, 1.165) is 31.4 Å². The zero-order valence-corrected chi connectivity index (χ0v) is 15.1. The lowest BCUT2D eigenvalue weighted by atomic mass is 9.77. The average molecular weight is 327 g/mol. The fraction of sp³-hybridized carbons (Fsp3) is 0.600. The Kier molecular flexibility index (Phi) is 6.39. The monoisotopic (exact) mass is 327 g/mol. The highest BCUT2D eigenvalue weighted by molar-refractivity contribution is 5.94. The summed E-state index contributed by atoms with van der Waals surface area (Å²) in [6, 6.07) is 10.6. The molecule has 0 radical (unpaired) electrons. The van der Waals surface area contributed by atoms with E-state index in [4.69, 9.17) is 0 Å². The maximum absolute atomic E-state index is 12.1. The average Bonchev–Trinajstić information content (AvgIpc) is 3.07. The molecule has 24 heavy (non-hydrogen) atoms. The summed E-state index contributed by atoms with van der Waals surface area (Å²) in [6.07, 6.45) is 4.34. The van der Waals surface area contributed by atoms with Crippen molar-refractivity contribution in [1.29, 1.82) is 5.26 Å². The molecule has 2 unspecified atom stereocenters. The normalized spacial score (nSPS) is 20.6. The van der Waals surface area contributed by atoms with Crippen molar-refractivity contribution in [2.45, 2.75) is 59.0 Å². The van der Waals surface area contributed by atoms with Gasteiger partial charge in [0.25, 0.3) is 5.91 Å². The maximum atomic E-state index is 12.1. The van der Waals surface area contributed by atoms with Crippen molar-refractivity contribution >= 4 is 5.91 Å². The van der Waals surface area contributed by atoms with Crippen LogP contribution in [0.3, 0.4) is 0 Å². The van der Waals surface area contributed by atoms with E-state index in [-0.39, 0.29) is 11.3 Å². The van der Waals surface area contributed by atoms with Crippen molar-refractivity contribution in [2.75, 3.05) is 6.54 Å². The van der Waals surface area contributed by atoms with Crippen LogP contribution in [0, 0.1) is 22.7 Å². The number of amides is 1. The molecule has 0 heterocycles. The van der Waals surface area contributed by atoms with Crippen molar-refractivity contribution in [2.24, 2.45) is 11.3 Å². The molecule has 1 fully saturated rings. The molecule has 0 aliphatic heterocycles. The van der Waals surface area contributed by atoms with Crippen LogP contribution in [0.25, 0.3) is 0 Å². The first-order valence-corrected chi connectivity index (χ1v) is 8.99. The molecule has 130 valence electrons. The van der Waals surface area contributed by atoms with Crippen molar-refractivity contribution in [3.63, 3.8) is 0 Å². The zero-order valence-electron chi connectivity index (χ0n) is 15.1. The van der Waals surface area contributed by atoms with E-state index in [1.165, 1.54) is 6.42 Å². The third-order valence-electron chi connectivity index (χ3n) is 5.02. The number of hydrogen-bond donors (Lipinski definition) is 2. The minimum atomic E-state index is -0.296. The minimum absolute atomic E-state index is 0.0111. The van der Waals surface area contributed by atoms with Gasteiger partial charge in [0.15, 0.2) is 0 Å². The molecule has 1 amide bonds. The predicted octanol–water partition coefficient (Wildman–Crippen LogP) is 3.63. The molecule has 2 atom stereocenters. The first kappa shape index (κ1) is 18.5. The summed E-state index contributed by atoms with van der Waals surface area (Å²) in [7, 11) is 0. The Hall–Kier alpha value is -1.86. The topological polar surface area (TPSA) is 64.9 Å². The summed E-state index contributed by atoms with van der Waals surface area (Å²) in [5.41, 5.74) is 1.53. The highest BCUT2D eigenvalue weighted by Crippen LogP contribution is 2.39. The Balaban J connectivity index is 1.97. The lowest BCUT2D eigenvalue weighted by Gasteiger charge is -2.30. The predicted molar refractivity (Wildman–Crippen MR) is 96.4 cm³/mol. The second-order valence-electron chi connectivity index (χ2n) is 7.31. The van der Waals surface area contributed by atoms with Gasteiger partial charge in [0.05, 0.1) is 11.5 Å². The van der Waals surface area contributed by atoms with Gasteiger partial charge >= 0.3 is 0 Å². The van der Waals surface area contributed by atoms with E-state index >= 15 is 0 Å². The Morgan fingerprint density at radius 2 is 2.17 bits per heavy atom. The van der Waals surface area contributed by atoms with Crippen LogP contribution in [-0.2, 0) is 6.54 Å². The summed E-state index contributed by atoms with van der Waals surface area (Å²) >= 11 is 0. The van der Waals surface area contributed by atoms with Crippen LogP contribution in [0.5, 0.6) is 0 Å². The Morgan fingerprint density at radius 3 is 2.88 bits per heavy atom. The molecular formula is C20H29N3O. The van der Waals surface area contributed by atoms with Crippen LogP contribution < -0.4 is 10.6 Å². The molecule has 0 aromatic heterocycles. The number of hydrogen-bond acceptors (Lipinski definition) is 3. The number of nitrogens with one attached hydrogen (secondary N) is 2. The van der Waals surface area contributed by atoms with E-state index in [1.54, 1.807) is 0 Å². The van der Waals surface area contributed by atoms with Gasteiger partial charge in [-0.2, -0.15) is 5.26 Å². The van der Waals surface area contributed by atoms with Crippen LogP contribution in [0.4, 0.5) is 0 Å². The van der Waals surface area contributed by atoms with Gasteiger partial charge in [-0.15, -0.1) is 0 Å². The number of carbonyl (C=O) groups excluding carboxylic acids is 1. The summed E-state index contributed by atoms with van der Waals surface area (Å²) < 4.78 is 0. The lowest BCUT2D eigenvalue weighted by molar-refractivity contribution is 0.0953. The third-order valence-corrected chi connectivity index (χ3v) is 5.02. The third kappa shape index (κ3) is 4.58. The van der Waals surface area contributed by atoms with Crippen LogP contribution in [0.2, 0.25) is 0 Å². The highest BCUT2D eigenvalue weighted by Gasteiger charge is 2.38. The quantitative estimate of drug-likeness (QED) is 0.803. The van der Waals surface area contributed by atoms with E-state index in [0.29, 0.717) is 24.1 Å². The van der Waals surface area contributed by atoms with E-state index in [1.807, 2.05) is 45.0 Å². The number of rotatable bonds is 7. The number of nitriles is 1. The molecular weight excluding hydrogens is 298 g/mol. The molecule has 2 N–H and O–H groups in total. The van der Waals surface area contributed by atoms with Gasteiger partial charge in [-0.05, 0) is 56.7 Å². The summed E-state index contributed by atoms with van der Waals surface area (Å²) in [4.78, 5) is 12.1. The number of carbonyl (C=O) groups is 1. The van der Waals surface area contributed by atoms with Crippen LogP contribution in [-0.4, -0.2) is 18.5 Å². The van der Waals surface area contributed by atoms with Gasteiger partial charge in [0.2, 0.25) is 0 Å². The van der Waals surface area contributed by atoms with Crippen molar-refractivity contribution in [3.05, 3.63) is 35.4 Å². The Bertz CT molecular complexity index is 603. The van der Waals surface area contributed by atoms with Crippen molar-refractivity contribution in [1.82, 2.24) is 10.6 Å². The molecule has 4 heteroatoms. The second-order valence-corrected chi connectivity index (χ2v) is 7.31. The van der Waals surface area contributed by atoms with E-state index in [2.05, 4.69) is 16.7 Å². The van der Waals surface area contributed by atoms with Gasteiger partial charge in [-0.25, -0.2) is 0 Å². The molecule has 0 spiro atoms. The Labute approximate surface area is 145 Å². The van der Waals surface area contributed by atoms with Gasteiger partial charge < -0.3 is 10.6 Å². The van der Waals surface area contributed by atoms with Gasteiger partial charge in [0.1, 0.15) is 0 Å². The summed E-state index contributed by atoms with van der Waals surface area (Å²) in [5, 5.41) is 15.9. The van der Waals surface area contributed by atoms with Gasteiger partial charge in [-0.1, -0.05) is 25.5 Å². The first-order chi connectivity index (χ1) is 11.5. The molecule has 1 aromatic carbocycles. The number of benzene rings is 1. The fourth-order valence-corrected chi connectivity index (χ4v) is 3.56. The Morgan fingerprint density at radius 1 is 1.38 bits per heavy atom. The second kappa shape index (κ2) is 8.30. The lowest BCUT2D eigenvalue weighted by Crippen LogP contribution is -2.38. The molecule has 4 nitrogen and oxygen atoms in total. The molecule has 1 aliphatic carbocycles. The molecule has 0 bridgehead atoms. The van der Waals surface area contributed by atoms with Crippen LogP contribution in [0.15, 0.2) is 24.3 Å². The zero-order chi connectivity index (χ0) is 17.6. The number of nitrogens with zero attached hydrogens (tertiary/aromatic N) is 1. The largest absolute Gasteiger partial charge is 0.352 e. The summed E-state index contributed by atoms with van der Waals surface area (Å²) in [6.45, 7) is 7.56. The summed E-state index contributed by atoms with van der Waals surface area (Å²) in [5.74, 6) is 0.376. The molecule has 1 aromatic rings.